The van der Waals surface area contributed by atoms with Crippen LogP contribution in [0, 0.1) is 0 Å². The van der Waals surface area contributed by atoms with E-state index in [-0.39, 0.29) is 22.7 Å². The van der Waals surface area contributed by atoms with Gasteiger partial charge in [-0.25, -0.2) is 13.1 Å². The van der Waals surface area contributed by atoms with E-state index >= 15 is 0 Å². The monoisotopic (exact) mass is 396 g/mol. The highest BCUT2D eigenvalue weighted by atomic mass is 79.9. The zero-order chi connectivity index (χ0) is 15.6. The predicted octanol–water partition coefficient (Wildman–Crippen LogP) is 2.66. The fraction of sp³-hybridized carbons (Fsp3) is 0.538. The molecule has 1 aliphatic rings. The molecule has 0 amide bonds. The molecule has 1 aliphatic carbocycles. The quantitative estimate of drug-likeness (QED) is 0.818. The van der Waals surface area contributed by atoms with Crippen LogP contribution in [0.25, 0.3) is 0 Å². The van der Waals surface area contributed by atoms with Crippen molar-refractivity contribution in [3.63, 3.8) is 0 Å². The molecule has 118 valence electrons. The third kappa shape index (κ3) is 4.10. The van der Waals surface area contributed by atoms with Crippen LogP contribution in [0.1, 0.15) is 25.7 Å². The second-order valence-electron chi connectivity index (χ2n) is 5.15. The highest BCUT2D eigenvalue weighted by Gasteiger charge is 2.27. The summed E-state index contributed by atoms with van der Waals surface area (Å²) >= 11 is 9.22. The molecule has 0 radical (unpaired) electrons. The first-order chi connectivity index (χ1) is 9.83. The van der Waals surface area contributed by atoms with E-state index in [1.54, 1.807) is 6.07 Å². The van der Waals surface area contributed by atoms with Crippen LogP contribution in [0.5, 0.6) is 5.75 Å². The molecule has 0 unspecified atom stereocenters. The number of sulfonamides is 1. The van der Waals surface area contributed by atoms with Gasteiger partial charge in [-0.05, 0) is 53.7 Å². The SMILES string of the molecule is COc1c(Br)cc(Cl)cc1S(=O)(=O)NC1CCC(N)CC1. The Bertz CT molecular complexity index is 616. The van der Waals surface area contributed by atoms with Gasteiger partial charge in [-0.2, -0.15) is 0 Å². The molecule has 0 aromatic heterocycles. The lowest BCUT2D eigenvalue weighted by molar-refractivity contribution is 0.371. The third-order valence-corrected chi connectivity index (χ3v) is 5.89. The Balaban J connectivity index is 2.27. The highest BCUT2D eigenvalue weighted by Crippen LogP contribution is 2.35. The van der Waals surface area contributed by atoms with Crippen LogP contribution in [0.2, 0.25) is 5.02 Å². The Hall–Kier alpha value is -0.340. The Labute approximate surface area is 138 Å². The van der Waals surface area contributed by atoms with E-state index in [2.05, 4.69) is 20.7 Å². The van der Waals surface area contributed by atoms with Crippen molar-refractivity contribution >= 4 is 37.6 Å². The van der Waals surface area contributed by atoms with E-state index in [0.717, 1.165) is 25.7 Å². The fourth-order valence-corrected chi connectivity index (χ4v) is 5.14. The summed E-state index contributed by atoms with van der Waals surface area (Å²) in [6, 6.07) is 3.05. The van der Waals surface area contributed by atoms with Crippen molar-refractivity contribution in [2.24, 2.45) is 5.73 Å². The van der Waals surface area contributed by atoms with Crippen molar-refractivity contribution in [2.45, 2.75) is 42.7 Å². The predicted molar refractivity (Wildman–Crippen MR) is 86.3 cm³/mol. The molecule has 0 bridgehead atoms. The van der Waals surface area contributed by atoms with Crippen molar-refractivity contribution in [3.05, 3.63) is 21.6 Å². The summed E-state index contributed by atoms with van der Waals surface area (Å²) in [5.74, 6) is 0.249. The molecule has 1 fully saturated rings. The molecular weight excluding hydrogens is 380 g/mol. The summed E-state index contributed by atoms with van der Waals surface area (Å²) in [6.07, 6.45) is 3.13. The Morgan fingerprint density at radius 2 is 1.95 bits per heavy atom. The minimum Gasteiger partial charge on any atom is -0.494 e. The van der Waals surface area contributed by atoms with Crippen molar-refractivity contribution in [2.75, 3.05) is 7.11 Å². The fourth-order valence-electron chi connectivity index (χ4n) is 2.45. The number of nitrogens with two attached hydrogens (primary N) is 1. The molecular formula is C13H18BrClN2O3S. The van der Waals surface area contributed by atoms with Gasteiger partial charge in [-0.3, -0.25) is 0 Å². The Kier molecular flexibility index (Phi) is 5.54. The van der Waals surface area contributed by atoms with E-state index in [1.165, 1.54) is 13.2 Å². The summed E-state index contributed by atoms with van der Waals surface area (Å²) in [5.41, 5.74) is 5.84. The summed E-state index contributed by atoms with van der Waals surface area (Å²) in [7, 11) is -2.27. The summed E-state index contributed by atoms with van der Waals surface area (Å²) in [6.45, 7) is 0. The van der Waals surface area contributed by atoms with Crippen molar-refractivity contribution < 1.29 is 13.2 Å². The smallest absolute Gasteiger partial charge is 0.244 e. The van der Waals surface area contributed by atoms with Crippen molar-refractivity contribution in [3.8, 4) is 5.75 Å². The molecule has 8 heteroatoms. The maximum Gasteiger partial charge on any atom is 0.244 e. The first-order valence-corrected chi connectivity index (χ1v) is 9.30. The summed E-state index contributed by atoms with van der Waals surface area (Å²) in [5, 5.41) is 0.328. The van der Waals surface area contributed by atoms with Gasteiger partial charge in [0.05, 0.1) is 11.6 Å². The normalized spacial score (nSPS) is 23.0. The molecule has 0 heterocycles. The minimum absolute atomic E-state index is 0.0410. The number of methoxy groups -OCH3 is 1. The van der Waals surface area contributed by atoms with Crippen molar-refractivity contribution in [1.29, 1.82) is 0 Å². The van der Waals surface area contributed by atoms with Gasteiger partial charge in [-0.1, -0.05) is 11.6 Å². The zero-order valence-corrected chi connectivity index (χ0v) is 14.8. The third-order valence-electron chi connectivity index (χ3n) is 3.56. The van der Waals surface area contributed by atoms with Crippen LogP contribution < -0.4 is 15.2 Å². The number of nitrogens with one attached hydrogen (secondary N) is 1. The van der Waals surface area contributed by atoms with Gasteiger partial charge in [0.2, 0.25) is 10.0 Å². The van der Waals surface area contributed by atoms with E-state index < -0.39 is 10.0 Å². The molecule has 0 saturated heterocycles. The largest absolute Gasteiger partial charge is 0.494 e. The topological polar surface area (TPSA) is 81.4 Å². The maximum atomic E-state index is 12.6. The Morgan fingerprint density at radius 3 is 2.52 bits per heavy atom. The van der Waals surface area contributed by atoms with Gasteiger partial charge in [0, 0.05) is 17.1 Å². The van der Waals surface area contributed by atoms with Gasteiger partial charge in [-0.15, -0.1) is 0 Å². The average Bonchev–Trinajstić information content (AvgIpc) is 2.40. The van der Waals surface area contributed by atoms with Gasteiger partial charge < -0.3 is 10.5 Å². The maximum absolute atomic E-state index is 12.6. The molecule has 3 N–H and O–H groups in total. The molecule has 21 heavy (non-hydrogen) atoms. The number of rotatable bonds is 4. The second kappa shape index (κ2) is 6.83. The van der Waals surface area contributed by atoms with E-state index in [0.29, 0.717) is 9.50 Å². The van der Waals surface area contributed by atoms with Gasteiger partial charge in [0.1, 0.15) is 4.90 Å². The number of halogens is 2. The summed E-state index contributed by atoms with van der Waals surface area (Å²) < 4.78 is 33.5. The molecule has 2 rings (SSSR count). The number of ether oxygens (including phenoxy) is 1. The summed E-state index contributed by atoms with van der Waals surface area (Å²) in [4.78, 5) is 0.0410. The molecule has 0 aliphatic heterocycles. The van der Waals surface area contributed by atoms with Crippen LogP contribution in [0.3, 0.4) is 0 Å². The van der Waals surface area contributed by atoms with E-state index in [9.17, 15) is 8.42 Å². The van der Waals surface area contributed by atoms with Gasteiger partial charge in [0.25, 0.3) is 0 Å². The number of hydrogen-bond acceptors (Lipinski definition) is 4. The lowest BCUT2D eigenvalue weighted by atomic mass is 9.93. The van der Waals surface area contributed by atoms with Gasteiger partial charge in [0.15, 0.2) is 5.75 Å². The van der Waals surface area contributed by atoms with Crippen LogP contribution in [0.4, 0.5) is 0 Å². The minimum atomic E-state index is -3.70. The Morgan fingerprint density at radius 1 is 1.33 bits per heavy atom. The van der Waals surface area contributed by atoms with Crippen molar-refractivity contribution in [1.82, 2.24) is 4.72 Å². The molecule has 0 atom stereocenters. The molecule has 1 aromatic rings. The van der Waals surface area contributed by atoms with E-state index in [1.807, 2.05) is 0 Å². The van der Waals surface area contributed by atoms with Crippen LogP contribution in [-0.2, 0) is 10.0 Å². The molecule has 5 nitrogen and oxygen atoms in total. The standard InChI is InChI=1S/C13H18BrClN2O3S/c1-20-13-11(14)6-8(15)7-12(13)21(18,19)17-10-4-2-9(16)3-5-10/h6-7,9-10,17H,2-5,16H2,1H3. The molecule has 1 saturated carbocycles. The van der Waals surface area contributed by atoms with E-state index in [4.69, 9.17) is 22.1 Å². The second-order valence-corrected chi connectivity index (χ2v) is 8.13. The van der Waals surface area contributed by atoms with Crippen LogP contribution in [-0.4, -0.2) is 27.6 Å². The zero-order valence-electron chi connectivity index (χ0n) is 11.6. The molecule has 0 spiro atoms. The van der Waals surface area contributed by atoms with Crippen LogP contribution >= 0.6 is 27.5 Å². The molecule has 1 aromatic carbocycles. The average molecular weight is 398 g/mol. The van der Waals surface area contributed by atoms with Gasteiger partial charge >= 0.3 is 0 Å². The lowest BCUT2D eigenvalue weighted by Gasteiger charge is -2.27. The highest BCUT2D eigenvalue weighted by molar-refractivity contribution is 9.10. The number of benzene rings is 1. The number of hydrogen-bond donors (Lipinski definition) is 2. The first kappa shape index (κ1) is 17.0. The lowest BCUT2D eigenvalue weighted by Crippen LogP contribution is -2.40. The van der Waals surface area contributed by atoms with Crippen LogP contribution in [0.15, 0.2) is 21.5 Å². The first-order valence-electron chi connectivity index (χ1n) is 6.64.